The molecule has 76 valence electrons. The molecule has 1 aromatic rings. The van der Waals surface area contributed by atoms with Crippen molar-refractivity contribution in [1.29, 1.82) is 0 Å². The minimum absolute atomic E-state index is 0.515. The van der Waals surface area contributed by atoms with Crippen LogP contribution < -0.4 is 5.73 Å². The van der Waals surface area contributed by atoms with Crippen LogP contribution in [0.25, 0.3) is 0 Å². The molecule has 3 heteroatoms. The summed E-state index contributed by atoms with van der Waals surface area (Å²) in [4.78, 5) is 0. The molecule has 0 saturated heterocycles. The van der Waals surface area contributed by atoms with Crippen LogP contribution in [0.3, 0.4) is 0 Å². The minimum Gasteiger partial charge on any atom is -0.398 e. The number of nitrogen functional groups attached to an aromatic ring is 1. The highest BCUT2D eigenvalue weighted by Gasteiger charge is 2.22. The summed E-state index contributed by atoms with van der Waals surface area (Å²) in [5, 5.41) is 1.27. The van der Waals surface area contributed by atoms with Crippen LogP contribution >= 0.6 is 23.2 Å². The van der Waals surface area contributed by atoms with Gasteiger partial charge in [-0.05, 0) is 36.5 Å². The van der Waals surface area contributed by atoms with Crippen molar-refractivity contribution < 1.29 is 0 Å². The van der Waals surface area contributed by atoms with E-state index in [1.165, 1.54) is 25.7 Å². The van der Waals surface area contributed by atoms with Gasteiger partial charge in [0.25, 0.3) is 0 Å². The summed E-state index contributed by atoms with van der Waals surface area (Å²) >= 11 is 12.1. The molecule has 1 aromatic carbocycles. The Labute approximate surface area is 94.2 Å². The molecule has 0 aliphatic heterocycles. The summed E-state index contributed by atoms with van der Waals surface area (Å²) in [6, 6.07) is 3.61. The maximum Gasteiger partial charge on any atom is 0.0647 e. The second-order valence-electron chi connectivity index (χ2n) is 3.85. The molecule has 1 nitrogen and oxygen atoms in total. The molecule has 14 heavy (non-hydrogen) atoms. The molecule has 2 N–H and O–H groups in total. The van der Waals surface area contributed by atoms with Gasteiger partial charge in [-0.1, -0.05) is 36.0 Å². The maximum atomic E-state index is 6.17. The number of halogens is 2. The summed E-state index contributed by atoms with van der Waals surface area (Å²) < 4.78 is 0. The Hall–Kier alpha value is -0.400. The molecule has 0 amide bonds. The lowest BCUT2D eigenvalue weighted by Gasteiger charge is -2.15. The van der Waals surface area contributed by atoms with Crippen molar-refractivity contribution in [2.24, 2.45) is 0 Å². The molecule has 1 fully saturated rings. The Balaban J connectivity index is 2.44. The summed E-state index contributed by atoms with van der Waals surface area (Å²) in [6.45, 7) is 0. The Morgan fingerprint density at radius 2 is 1.79 bits per heavy atom. The van der Waals surface area contributed by atoms with E-state index >= 15 is 0 Å². The molecule has 0 bridgehead atoms. The van der Waals surface area contributed by atoms with E-state index in [0.29, 0.717) is 16.0 Å². The number of hydrogen-bond donors (Lipinski definition) is 1. The van der Waals surface area contributed by atoms with Crippen molar-refractivity contribution in [2.75, 3.05) is 5.73 Å². The topological polar surface area (TPSA) is 26.0 Å². The molecule has 0 aromatic heterocycles. The van der Waals surface area contributed by atoms with Gasteiger partial charge in [0.2, 0.25) is 0 Å². The van der Waals surface area contributed by atoms with E-state index in [4.69, 9.17) is 28.9 Å². The molecule has 1 aliphatic rings. The fourth-order valence-corrected chi connectivity index (χ4v) is 2.70. The highest BCUT2D eigenvalue weighted by Crippen LogP contribution is 2.42. The van der Waals surface area contributed by atoms with Crippen LogP contribution in [0.2, 0.25) is 10.0 Å². The van der Waals surface area contributed by atoms with E-state index in [-0.39, 0.29) is 0 Å². The zero-order valence-corrected chi connectivity index (χ0v) is 9.41. The number of anilines is 1. The van der Waals surface area contributed by atoms with Gasteiger partial charge in [-0.15, -0.1) is 0 Å². The minimum atomic E-state index is 0.515. The van der Waals surface area contributed by atoms with Crippen molar-refractivity contribution in [1.82, 2.24) is 0 Å². The normalized spacial score (nSPS) is 17.6. The average molecular weight is 230 g/mol. The SMILES string of the molecule is Nc1ccc(Cl)c(Cl)c1C1CCCC1. The summed E-state index contributed by atoms with van der Waals surface area (Å²) in [6.07, 6.45) is 4.91. The first-order chi connectivity index (χ1) is 6.70. The van der Waals surface area contributed by atoms with Crippen molar-refractivity contribution in [3.63, 3.8) is 0 Å². The van der Waals surface area contributed by atoms with Gasteiger partial charge in [0.15, 0.2) is 0 Å². The van der Waals surface area contributed by atoms with Gasteiger partial charge in [-0.25, -0.2) is 0 Å². The molecule has 1 saturated carbocycles. The predicted molar refractivity (Wildman–Crippen MR) is 62.1 cm³/mol. The summed E-state index contributed by atoms with van der Waals surface area (Å²) in [5.41, 5.74) is 7.78. The molecular formula is C11H13Cl2N. The van der Waals surface area contributed by atoms with E-state index in [1.54, 1.807) is 6.07 Å². The lowest BCUT2D eigenvalue weighted by atomic mass is 9.96. The molecule has 0 radical (unpaired) electrons. The van der Waals surface area contributed by atoms with Crippen LogP contribution in [0.15, 0.2) is 12.1 Å². The van der Waals surface area contributed by atoms with Gasteiger partial charge in [0.1, 0.15) is 0 Å². The molecular weight excluding hydrogens is 217 g/mol. The van der Waals surface area contributed by atoms with Crippen LogP contribution in [0, 0.1) is 0 Å². The fraction of sp³-hybridized carbons (Fsp3) is 0.455. The Morgan fingerprint density at radius 1 is 1.14 bits per heavy atom. The predicted octanol–water partition coefficient (Wildman–Crippen LogP) is 4.23. The zero-order valence-electron chi connectivity index (χ0n) is 7.89. The van der Waals surface area contributed by atoms with Gasteiger partial charge in [0.05, 0.1) is 10.0 Å². The standard InChI is InChI=1S/C11H13Cl2N/c12-8-5-6-9(14)10(11(8)13)7-3-1-2-4-7/h5-7H,1-4,14H2. The van der Waals surface area contributed by atoms with Gasteiger partial charge >= 0.3 is 0 Å². The lowest BCUT2D eigenvalue weighted by molar-refractivity contribution is 0.726. The number of nitrogens with two attached hydrogens (primary N) is 1. The van der Waals surface area contributed by atoms with E-state index in [0.717, 1.165) is 11.3 Å². The third kappa shape index (κ3) is 1.71. The maximum absolute atomic E-state index is 6.17. The monoisotopic (exact) mass is 229 g/mol. The Morgan fingerprint density at radius 3 is 2.43 bits per heavy atom. The third-order valence-corrected chi connectivity index (χ3v) is 3.75. The first-order valence-corrected chi connectivity index (χ1v) is 5.69. The molecule has 0 atom stereocenters. The fourth-order valence-electron chi connectivity index (χ4n) is 2.21. The van der Waals surface area contributed by atoms with Gasteiger partial charge < -0.3 is 5.73 Å². The average Bonchev–Trinajstić information content (AvgIpc) is 2.65. The third-order valence-electron chi connectivity index (χ3n) is 2.93. The van der Waals surface area contributed by atoms with Crippen molar-refractivity contribution in [2.45, 2.75) is 31.6 Å². The smallest absolute Gasteiger partial charge is 0.0647 e. The van der Waals surface area contributed by atoms with Crippen molar-refractivity contribution in [3.8, 4) is 0 Å². The van der Waals surface area contributed by atoms with Crippen LogP contribution in [-0.4, -0.2) is 0 Å². The van der Waals surface area contributed by atoms with Crippen LogP contribution in [0.4, 0.5) is 5.69 Å². The van der Waals surface area contributed by atoms with Crippen molar-refractivity contribution in [3.05, 3.63) is 27.7 Å². The number of benzene rings is 1. The first kappa shape index (κ1) is 10.1. The van der Waals surface area contributed by atoms with Gasteiger partial charge in [-0.2, -0.15) is 0 Å². The van der Waals surface area contributed by atoms with E-state index in [9.17, 15) is 0 Å². The van der Waals surface area contributed by atoms with Gasteiger partial charge in [-0.3, -0.25) is 0 Å². The van der Waals surface area contributed by atoms with Crippen LogP contribution in [0.1, 0.15) is 37.2 Å². The van der Waals surface area contributed by atoms with E-state index < -0.39 is 0 Å². The van der Waals surface area contributed by atoms with Crippen LogP contribution in [0.5, 0.6) is 0 Å². The Kier molecular flexibility index (Phi) is 2.89. The molecule has 1 aliphatic carbocycles. The highest BCUT2D eigenvalue weighted by molar-refractivity contribution is 6.42. The molecule has 0 unspecified atom stereocenters. The second kappa shape index (κ2) is 4.00. The van der Waals surface area contributed by atoms with Crippen molar-refractivity contribution >= 4 is 28.9 Å². The zero-order chi connectivity index (χ0) is 10.1. The van der Waals surface area contributed by atoms with Gasteiger partial charge in [0, 0.05) is 5.69 Å². The Bertz CT molecular complexity index is 343. The van der Waals surface area contributed by atoms with E-state index in [2.05, 4.69) is 0 Å². The summed E-state index contributed by atoms with van der Waals surface area (Å²) in [5.74, 6) is 0.515. The van der Waals surface area contributed by atoms with Crippen LogP contribution in [-0.2, 0) is 0 Å². The molecule has 2 rings (SSSR count). The number of hydrogen-bond acceptors (Lipinski definition) is 1. The quantitative estimate of drug-likeness (QED) is 0.717. The largest absolute Gasteiger partial charge is 0.398 e. The number of rotatable bonds is 1. The second-order valence-corrected chi connectivity index (χ2v) is 4.63. The first-order valence-electron chi connectivity index (χ1n) is 4.93. The lowest BCUT2D eigenvalue weighted by Crippen LogP contribution is -2.00. The van der Waals surface area contributed by atoms with E-state index in [1.807, 2.05) is 6.07 Å². The molecule has 0 heterocycles. The molecule has 0 spiro atoms. The summed E-state index contributed by atoms with van der Waals surface area (Å²) in [7, 11) is 0. The highest BCUT2D eigenvalue weighted by atomic mass is 35.5.